The van der Waals surface area contributed by atoms with E-state index in [9.17, 15) is 9.59 Å². The zero-order valence-electron chi connectivity index (χ0n) is 10.7. The molecule has 0 aromatic carbocycles. The number of carbonyl (C=O) groups is 2. The number of carbonyl (C=O) groups excluding carboxylic acids is 1. The van der Waals surface area contributed by atoms with Crippen LogP contribution in [-0.2, 0) is 9.53 Å². The first-order valence-electron chi connectivity index (χ1n) is 5.87. The molecule has 1 N–H and O–H groups in total. The van der Waals surface area contributed by atoms with Crippen LogP contribution < -0.4 is 0 Å². The third kappa shape index (κ3) is 1.87. The van der Waals surface area contributed by atoms with Crippen molar-refractivity contribution in [1.29, 1.82) is 0 Å². The number of carboxylic acid groups (broad SMARTS) is 1. The summed E-state index contributed by atoms with van der Waals surface area (Å²) in [7, 11) is 0. The molecule has 0 spiro atoms. The van der Waals surface area contributed by atoms with Crippen LogP contribution in [0.4, 0.5) is 4.79 Å². The number of aliphatic carboxylic acids is 1. The van der Waals surface area contributed by atoms with E-state index in [4.69, 9.17) is 9.84 Å². The van der Waals surface area contributed by atoms with Crippen molar-refractivity contribution in [2.75, 3.05) is 13.1 Å². The molecule has 2 rings (SSSR count). The van der Waals surface area contributed by atoms with E-state index in [0.29, 0.717) is 13.1 Å². The highest BCUT2D eigenvalue weighted by Crippen LogP contribution is 2.62. The van der Waals surface area contributed by atoms with Gasteiger partial charge in [0.2, 0.25) is 0 Å². The van der Waals surface area contributed by atoms with E-state index in [2.05, 4.69) is 0 Å². The largest absolute Gasteiger partial charge is 0.481 e. The van der Waals surface area contributed by atoms with Gasteiger partial charge in [-0.3, -0.25) is 4.79 Å². The molecule has 0 unspecified atom stereocenters. The fraction of sp³-hybridized carbons (Fsp3) is 0.833. The van der Waals surface area contributed by atoms with Crippen LogP contribution in [0.15, 0.2) is 0 Å². The molecule has 96 valence electrons. The Bertz CT molecular complexity index is 359. The number of piperidine rings is 1. The Labute approximate surface area is 101 Å². The fourth-order valence-corrected chi connectivity index (χ4v) is 2.67. The van der Waals surface area contributed by atoms with Crippen molar-refractivity contribution >= 4 is 12.1 Å². The lowest BCUT2D eigenvalue weighted by molar-refractivity contribution is -0.144. The topological polar surface area (TPSA) is 66.8 Å². The van der Waals surface area contributed by atoms with Gasteiger partial charge in [-0.05, 0) is 39.5 Å². The van der Waals surface area contributed by atoms with Crippen LogP contribution in [0, 0.1) is 17.3 Å². The molecule has 0 radical (unpaired) electrons. The normalized spacial score (nSPS) is 35.4. The Morgan fingerprint density at radius 2 is 1.76 bits per heavy atom. The quantitative estimate of drug-likeness (QED) is 0.756. The van der Waals surface area contributed by atoms with Gasteiger partial charge in [-0.25, -0.2) is 4.79 Å². The van der Waals surface area contributed by atoms with Crippen LogP contribution in [0.3, 0.4) is 0 Å². The molecule has 1 aliphatic carbocycles. The van der Waals surface area contributed by atoms with Crippen LogP contribution in [0.1, 0.15) is 27.7 Å². The summed E-state index contributed by atoms with van der Waals surface area (Å²) in [4.78, 5) is 24.4. The Balaban J connectivity index is 1.92. The first kappa shape index (κ1) is 12.2. The maximum atomic E-state index is 11.8. The van der Waals surface area contributed by atoms with Gasteiger partial charge in [0.1, 0.15) is 5.60 Å². The molecule has 0 bridgehead atoms. The van der Waals surface area contributed by atoms with Gasteiger partial charge in [0.05, 0.1) is 5.41 Å². The molecular formula is C12H19NO4. The third-order valence-corrected chi connectivity index (χ3v) is 3.86. The highest BCUT2D eigenvalue weighted by atomic mass is 16.6. The second-order valence-corrected chi connectivity index (χ2v) is 6.19. The number of amides is 1. The highest BCUT2D eigenvalue weighted by molar-refractivity contribution is 5.80. The van der Waals surface area contributed by atoms with E-state index in [-0.39, 0.29) is 17.9 Å². The van der Waals surface area contributed by atoms with Crippen molar-refractivity contribution in [3.63, 3.8) is 0 Å². The molecule has 1 saturated heterocycles. The maximum absolute atomic E-state index is 11.8. The Kier molecular flexibility index (Phi) is 2.42. The van der Waals surface area contributed by atoms with Crippen LogP contribution in [0.25, 0.3) is 0 Å². The van der Waals surface area contributed by atoms with Crippen molar-refractivity contribution in [3.8, 4) is 0 Å². The summed E-state index contributed by atoms with van der Waals surface area (Å²) < 4.78 is 5.26. The van der Waals surface area contributed by atoms with Crippen molar-refractivity contribution in [2.24, 2.45) is 17.3 Å². The van der Waals surface area contributed by atoms with Crippen LogP contribution in [-0.4, -0.2) is 40.8 Å². The summed E-state index contributed by atoms with van der Waals surface area (Å²) in [6, 6.07) is 0. The lowest BCUT2D eigenvalue weighted by atomic mass is 10.0. The molecule has 1 amide bonds. The predicted octanol–water partition coefficient (Wildman–Crippen LogP) is 1.57. The summed E-state index contributed by atoms with van der Waals surface area (Å²) in [6.45, 7) is 8.23. The molecular weight excluding hydrogens is 222 g/mol. The monoisotopic (exact) mass is 241 g/mol. The van der Waals surface area contributed by atoms with Gasteiger partial charge in [0.25, 0.3) is 0 Å². The van der Waals surface area contributed by atoms with E-state index in [1.165, 1.54) is 0 Å². The van der Waals surface area contributed by atoms with E-state index >= 15 is 0 Å². The lowest BCUT2D eigenvalue weighted by Gasteiger charge is -2.26. The fourth-order valence-electron chi connectivity index (χ4n) is 2.67. The van der Waals surface area contributed by atoms with Gasteiger partial charge in [-0.1, -0.05) is 0 Å². The zero-order valence-corrected chi connectivity index (χ0v) is 10.7. The smallest absolute Gasteiger partial charge is 0.410 e. The minimum Gasteiger partial charge on any atom is -0.481 e. The summed E-state index contributed by atoms with van der Waals surface area (Å²) in [5.74, 6) is -0.573. The molecule has 2 aliphatic rings. The van der Waals surface area contributed by atoms with Crippen LogP contribution in [0.2, 0.25) is 0 Å². The summed E-state index contributed by atoms with van der Waals surface area (Å²) in [6.07, 6.45) is -0.336. The minimum absolute atomic E-state index is 0.0903. The SMILES string of the molecule is CC(C)(C)OC(=O)N1C[C@@H]2[C@H](C1)[C@]2(C)C(=O)O. The van der Waals surface area contributed by atoms with E-state index in [1.807, 2.05) is 20.8 Å². The molecule has 5 heteroatoms. The predicted molar refractivity (Wildman–Crippen MR) is 60.5 cm³/mol. The number of hydrogen-bond acceptors (Lipinski definition) is 3. The standard InChI is InChI=1S/C12H19NO4/c1-11(2,3)17-10(16)13-5-7-8(6-13)12(7,4)9(14)15/h7-8H,5-6H2,1-4H3,(H,14,15)/t7-,8+,12-. The van der Waals surface area contributed by atoms with Crippen molar-refractivity contribution < 1.29 is 19.4 Å². The first-order valence-corrected chi connectivity index (χ1v) is 5.87. The average Bonchev–Trinajstić information content (AvgIpc) is 2.60. The van der Waals surface area contributed by atoms with E-state index in [0.717, 1.165) is 0 Å². The van der Waals surface area contributed by atoms with E-state index < -0.39 is 17.0 Å². The molecule has 0 aromatic rings. The number of carboxylic acids is 1. The number of hydrogen-bond donors (Lipinski definition) is 1. The van der Waals surface area contributed by atoms with Crippen molar-refractivity contribution in [3.05, 3.63) is 0 Å². The van der Waals surface area contributed by atoms with Crippen molar-refractivity contribution in [2.45, 2.75) is 33.3 Å². The molecule has 0 aromatic heterocycles. The number of rotatable bonds is 1. The van der Waals surface area contributed by atoms with Gasteiger partial charge >= 0.3 is 12.1 Å². The van der Waals surface area contributed by atoms with Gasteiger partial charge in [-0.2, -0.15) is 0 Å². The Morgan fingerprint density at radius 1 is 1.29 bits per heavy atom. The lowest BCUT2D eigenvalue weighted by Crippen LogP contribution is -2.39. The van der Waals surface area contributed by atoms with Crippen LogP contribution in [0.5, 0.6) is 0 Å². The second-order valence-electron chi connectivity index (χ2n) is 6.19. The number of likely N-dealkylation sites (tertiary alicyclic amines) is 1. The third-order valence-electron chi connectivity index (χ3n) is 3.86. The Hall–Kier alpha value is -1.26. The molecule has 1 aliphatic heterocycles. The minimum atomic E-state index is -0.753. The molecule has 17 heavy (non-hydrogen) atoms. The van der Waals surface area contributed by atoms with Gasteiger partial charge < -0.3 is 14.7 Å². The van der Waals surface area contributed by atoms with Gasteiger partial charge in [-0.15, -0.1) is 0 Å². The van der Waals surface area contributed by atoms with Crippen molar-refractivity contribution in [1.82, 2.24) is 4.90 Å². The van der Waals surface area contributed by atoms with Gasteiger partial charge in [0, 0.05) is 13.1 Å². The Morgan fingerprint density at radius 3 is 2.12 bits per heavy atom. The summed E-state index contributed by atoms with van der Waals surface area (Å²) in [5, 5.41) is 9.09. The zero-order chi connectivity index (χ0) is 13.0. The summed E-state index contributed by atoms with van der Waals surface area (Å²) in [5.41, 5.74) is -1.13. The molecule has 1 heterocycles. The number of nitrogens with zero attached hydrogens (tertiary/aromatic N) is 1. The molecule has 5 nitrogen and oxygen atoms in total. The second kappa shape index (κ2) is 3.37. The number of ether oxygens (including phenoxy) is 1. The molecule has 3 atom stereocenters. The van der Waals surface area contributed by atoms with Crippen LogP contribution >= 0.6 is 0 Å². The average molecular weight is 241 g/mol. The highest BCUT2D eigenvalue weighted by Gasteiger charge is 2.70. The number of fused-ring (bicyclic) bond motifs is 1. The molecule has 1 saturated carbocycles. The maximum Gasteiger partial charge on any atom is 0.410 e. The van der Waals surface area contributed by atoms with E-state index in [1.54, 1.807) is 11.8 Å². The summed E-state index contributed by atoms with van der Waals surface area (Å²) >= 11 is 0. The first-order chi connectivity index (χ1) is 7.66. The van der Waals surface area contributed by atoms with Gasteiger partial charge in [0.15, 0.2) is 0 Å². The molecule has 2 fully saturated rings.